The number of hydrogen-bond acceptors (Lipinski definition) is 1. The third kappa shape index (κ3) is 3.10. The SMILES string of the molecule is O=C(c1ccc(F)c(F)c1)N1CCc2ccccc2[C@H]1c1ccccc1F. The summed E-state index contributed by atoms with van der Waals surface area (Å²) >= 11 is 0. The van der Waals surface area contributed by atoms with E-state index in [0.29, 0.717) is 18.5 Å². The third-order valence-electron chi connectivity index (χ3n) is 4.91. The highest BCUT2D eigenvalue weighted by atomic mass is 19.2. The maximum absolute atomic E-state index is 14.6. The van der Waals surface area contributed by atoms with E-state index in [1.165, 1.54) is 17.0 Å². The molecule has 0 bridgehead atoms. The normalized spacial score (nSPS) is 16.1. The second kappa shape index (κ2) is 6.91. The van der Waals surface area contributed by atoms with Gasteiger partial charge >= 0.3 is 0 Å². The Bertz CT molecular complexity index is 1020. The Morgan fingerprint density at radius 3 is 2.26 bits per heavy atom. The highest BCUT2D eigenvalue weighted by Crippen LogP contribution is 2.37. The predicted molar refractivity (Wildman–Crippen MR) is 95.8 cm³/mol. The lowest BCUT2D eigenvalue weighted by Gasteiger charge is -2.38. The molecule has 5 heteroatoms. The summed E-state index contributed by atoms with van der Waals surface area (Å²) in [7, 11) is 0. The number of nitrogens with zero attached hydrogens (tertiary/aromatic N) is 1. The number of carbonyl (C=O) groups excluding carboxylic acids is 1. The molecule has 0 fully saturated rings. The molecule has 1 aliphatic heterocycles. The number of hydrogen-bond donors (Lipinski definition) is 0. The molecule has 1 amide bonds. The average molecular weight is 367 g/mol. The molecule has 2 nitrogen and oxygen atoms in total. The summed E-state index contributed by atoms with van der Waals surface area (Å²) in [5.74, 6) is -2.97. The van der Waals surface area contributed by atoms with Gasteiger partial charge in [-0.3, -0.25) is 4.79 Å². The minimum Gasteiger partial charge on any atom is -0.327 e. The van der Waals surface area contributed by atoms with E-state index < -0.39 is 29.4 Å². The van der Waals surface area contributed by atoms with Crippen LogP contribution < -0.4 is 0 Å². The van der Waals surface area contributed by atoms with E-state index in [-0.39, 0.29) is 5.56 Å². The first-order valence-corrected chi connectivity index (χ1v) is 8.64. The average Bonchev–Trinajstić information content (AvgIpc) is 2.69. The van der Waals surface area contributed by atoms with Crippen molar-refractivity contribution < 1.29 is 18.0 Å². The van der Waals surface area contributed by atoms with Crippen LogP contribution in [0.15, 0.2) is 66.7 Å². The zero-order valence-electron chi connectivity index (χ0n) is 14.3. The fourth-order valence-electron chi connectivity index (χ4n) is 3.61. The van der Waals surface area contributed by atoms with Gasteiger partial charge in [0.25, 0.3) is 5.91 Å². The van der Waals surface area contributed by atoms with Crippen LogP contribution in [0.25, 0.3) is 0 Å². The van der Waals surface area contributed by atoms with E-state index in [1.54, 1.807) is 18.2 Å². The van der Waals surface area contributed by atoms with E-state index >= 15 is 0 Å². The second-order valence-electron chi connectivity index (χ2n) is 6.50. The fraction of sp³-hybridized carbons (Fsp3) is 0.136. The monoisotopic (exact) mass is 367 g/mol. The quantitative estimate of drug-likeness (QED) is 0.631. The first kappa shape index (κ1) is 17.3. The molecule has 0 spiro atoms. The Balaban J connectivity index is 1.82. The van der Waals surface area contributed by atoms with Gasteiger partial charge in [0.1, 0.15) is 5.82 Å². The van der Waals surface area contributed by atoms with Gasteiger partial charge in [0.2, 0.25) is 0 Å². The molecule has 0 radical (unpaired) electrons. The van der Waals surface area contributed by atoms with Gasteiger partial charge in [0, 0.05) is 17.7 Å². The first-order valence-electron chi connectivity index (χ1n) is 8.64. The van der Waals surface area contributed by atoms with Crippen molar-refractivity contribution in [2.45, 2.75) is 12.5 Å². The standard InChI is InChI=1S/C22H16F3NO/c23-18-8-4-3-7-17(18)21-16-6-2-1-5-14(16)11-12-26(21)22(27)15-9-10-19(24)20(25)13-15/h1-10,13,21H,11-12H2/t21-/m0/s1. The van der Waals surface area contributed by atoms with Crippen molar-refractivity contribution in [3.63, 3.8) is 0 Å². The van der Waals surface area contributed by atoms with Crippen molar-refractivity contribution in [3.8, 4) is 0 Å². The summed E-state index contributed by atoms with van der Waals surface area (Å²) in [5, 5.41) is 0. The molecule has 1 atom stereocenters. The molecule has 0 aromatic heterocycles. The number of benzene rings is 3. The highest BCUT2D eigenvalue weighted by Gasteiger charge is 2.34. The van der Waals surface area contributed by atoms with E-state index in [0.717, 1.165) is 23.3 Å². The molecule has 0 unspecified atom stereocenters. The summed E-state index contributed by atoms with van der Waals surface area (Å²) in [5.41, 5.74) is 2.29. The molecule has 0 aliphatic carbocycles. The van der Waals surface area contributed by atoms with Crippen LogP contribution in [0.5, 0.6) is 0 Å². The second-order valence-corrected chi connectivity index (χ2v) is 6.50. The van der Waals surface area contributed by atoms with Gasteiger partial charge in [-0.2, -0.15) is 0 Å². The fourth-order valence-corrected chi connectivity index (χ4v) is 3.61. The maximum Gasteiger partial charge on any atom is 0.254 e. The van der Waals surface area contributed by atoms with Gasteiger partial charge in [-0.05, 0) is 41.8 Å². The van der Waals surface area contributed by atoms with Crippen molar-refractivity contribution in [1.29, 1.82) is 0 Å². The smallest absolute Gasteiger partial charge is 0.254 e. The number of halogens is 3. The van der Waals surface area contributed by atoms with Gasteiger partial charge in [-0.1, -0.05) is 42.5 Å². The molecule has 0 saturated heterocycles. The van der Waals surface area contributed by atoms with Crippen molar-refractivity contribution >= 4 is 5.91 Å². The van der Waals surface area contributed by atoms with Crippen LogP contribution in [-0.2, 0) is 6.42 Å². The Kier molecular flexibility index (Phi) is 4.44. The van der Waals surface area contributed by atoms with Crippen molar-refractivity contribution in [2.75, 3.05) is 6.54 Å². The molecule has 0 saturated carbocycles. The van der Waals surface area contributed by atoms with Crippen LogP contribution in [-0.4, -0.2) is 17.4 Å². The summed E-state index contributed by atoms with van der Waals surface area (Å²) in [6.45, 7) is 0.355. The molecule has 0 N–H and O–H groups in total. The highest BCUT2D eigenvalue weighted by molar-refractivity contribution is 5.95. The Morgan fingerprint density at radius 1 is 0.815 bits per heavy atom. The van der Waals surface area contributed by atoms with Crippen LogP contribution in [0, 0.1) is 17.5 Å². The number of carbonyl (C=O) groups is 1. The number of amides is 1. The zero-order valence-corrected chi connectivity index (χ0v) is 14.3. The van der Waals surface area contributed by atoms with E-state index in [9.17, 15) is 18.0 Å². The van der Waals surface area contributed by atoms with Gasteiger partial charge in [0.15, 0.2) is 11.6 Å². The van der Waals surface area contributed by atoms with Gasteiger partial charge < -0.3 is 4.90 Å². The lowest BCUT2D eigenvalue weighted by Crippen LogP contribution is -2.41. The van der Waals surface area contributed by atoms with Gasteiger partial charge in [-0.25, -0.2) is 13.2 Å². The molecule has 4 rings (SSSR count). The van der Waals surface area contributed by atoms with E-state index in [2.05, 4.69) is 0 Å². The van der Waals surface area contributed by atoms with Crippen LogP contribution in [0.3, 0.4) is 0 Å². The Morgan fingerprint density at radius 2 is 1.52 bits per heavy atom. The third-order valence-corrected chi connectivity index (χ3v) is 4.91. The summed E-state index contributed by atoms with van der Waals surface area (Å²) in [4.78, 5) is 14.6. The summed E-state index contributed by atoms with van der Waals surface area (Å²) in [6.07, 6.45) is 0.608. The van der Waals surface area contributed by atoms with Crippen molar-refractivity contribution in [3.05, 3.63) is 106 Å². The topological polar surface area (TPSA) is 20.3 Å². The summed E-state index contributed by atoms with van der Waals surface area (Å²) in [6, 6.07) is 16.3. The van der Waals surface area contributed by atoms with Crippen LogP contribution in [0.2, 0.25) is 0 Å². The Labute approximate surface area is 154 Å². The maximum atomic E-state index is 14.6. The largest absolute Gasteiger partial charge is 0.327 e. The molecule has 136 valence electrons. The van der Waals surface area contributed by atoms with Crippen molar-refractivity contribution in [2.24, 2.45) is 0 Å². The van der Waals surface area contributed by atoms with Gasteiger partial charge in [-0.15, -0.1) is 0 Å². The summed E-state index contributed by atoms with van der Waals surface area (Å²) < 4.78 is 41.4. The molecule has 3 aromatic rings. The van der Waals surface area contributed by atoms with Gasteiger partial charge in [0.05, 0.1) is 6.04 Å². The zero-order chi connectivity index (χ0) is 19.0. The molecular weight excluding hydrogens is 351 g/mol. The predicted octanol–water partition coefficient (Wildman–Crippen LogP) is 4.89. The molecule has 27 heavy (non-hydrogen) atoms. The van der Waals surface area contributed by atoms with Crippen LogP contribution in [0.1, 0.15) is 33.1 Å². The molecular formula is C22H16F3NO. The lowest BCUT2D eigenvalue weighted by atomic mass is 9.87. The molecule has 1 aliphatic rings. The minimum absolute atomic E-state index is 0.0367. The van der Waals surface area contributed by atoms with Crippen LogP contribution in [0.4, 0.5) is 13.2 Å². The van der Waals surface area contributed by atoms with E-state index in [4.69, 9.17) is 0 Å². The Hall–Kier alpha value is -3.08. The van der Waals surface area contributed by atoms with E-state index in [1.807, 2.05) is 24.3 Å². The van der Waals surface area contributed by atoms with Crippen molar-refractivity contribution in [1.82, 2.24) is 4.90 Å². The number of fused-ring (bicyclic) bond motifs is 1. The molecule has 3 aromatic carbocycles. The van der Waals surface area contributed by atoms with Crippen LogP contribution >= 0.6 is 0 Å². The number of rotatable bonds is 2. The lowest BCUT2D eigenvalue weighted by molar-refractivity contribution is 0.0691. The first-order chi connectivity index (χ1) is 13.1. The molecule has 1 heterocycles. The minimum atomic E-state index is -1.08.